The molecule has 3 aromatic rings. The number of hydrogen-bond acceptors (Lipinski definition) is 2. The van der Waals surface area contributed by atoms with Crippen molar-refractivity contribution in [2.24, 2.45) is 0 Å². The predicted molar refractivity (Wildman–Crippen MR) is 93.1 cm³/mol. The zero-order valence-electron chi connectivity index (χ0n) is 12.3. The number of halogens is 2. The Morgan fingerprint density at radius 2 is 1.87 bits per heavy atom. The van der Waals surface area contributed by atoms with Crippen LogP contribution in [0.3, 0.4) is 0 Å². The molecule has 23 heavy (non-hydrogen) atoms. The Labute approximate surface area is 144 Å². The fourth-order valence-electron chi connectivity index (χ4n) is 2.43. The van der Waals surface area contributed by atoms with Crippen molar-refractivity contribution in [3.63, 3.8) is 0 Å². The quantitative estimate of drug-likeness (QED) is 0.704. The summed E-state index contributed by atoms with van der Waals surface area (Å²) in [4.78, 5) is 16.4. The Balaban J connectivity index is 1.54. The van der Waals surface area contributed by atoms with E-state index in [-0.39, 0.29) is 5.91 Å². The number of nitrogens with one attached hydrogen (secondary N) is 1. The number of hydrogen-bond donors (Lipinski definition) is 1. The lowest BCUT2D eigenvalue weighted by Gasteiger charge is -2.07. The molecule has 3 rings (SSSR count). The molecule has 1 aromatic heterocycles. The molecule has 0 saturated carbocycles. The minimum atomic E-state index is -0.176. The summed E-state index contributed by atoms with van der Waals surface area (Å²) >= 11 is 11.8. The second-order valence-corrected chi connectivity index (χ2v) is 6.07. The Bertz CT molecular complexity index is 824. The van der Waals surface area contributed by atoms with Crippen molar-refractivity contribution in [1.82, 2.24) is 14.9 Å². The normalized spacial score (nSPS) is 10.9. The highest BCUT2D eigenvalue weighted by molar-refractivity contribution is 6.35. The standard InChI is InChI=1S/C17H15Cl2N3O/c18-13-8-12(9-14(19)10-13)17(23)20-6-3-7-22-11-21-15-4-1-2-5-16(15)22/h1-2,4-5,8-11H,3,6-7H2,(H,20,23). The van der Waals surface area contributed by atoms with E-state index in [0.717, 1.165) is 24.0 Å². The molecule has 2 aromatic carbocycles. The van der Waals surface area contributed by atoms with Crippen LogP contribution in [0.2, 0.25) is 10.0 Å². The average Bonchev–Trinajstić information content (AvgIpc) is 2.94. The first-order valence-corrected chi connectivity index (χ1v) is 8.03. The minimum Gasteiger partial charge on any atom is -0.352 e. The summed E-state index contributed by atoms with van der Waals surface area (Å²) in [5.41, 5.74) is 2.54. The summed E-state index contributed by atoms with van der Waals surface area (Å²) in [7, 11) is 0. The van der Waals surface area contributed by atoms with Crippen molar-refractivity contribution in [2.75, 3.05) is 6.54 Å². The van der Waals surface area contributed by atoms with Crippen LogP contribution in [0.5, 0.6) is 0 Å². The molecule has 0 aliphatic heterocycles. The Morgan fingerprint density at radius 1 is 1.13 bits per heavy atom. The molecule has 0 unspecified atom stereocenters. The maximum atomic E-state index is 12.1. The van der Waals surface area contributed by atoms with Gasteiger partial charge >= 0.3 is 0 Å². The molecule has 1 heterocycles. The molecule has 0 radical (unpaired) electrons. The third kappa shape index (κ3) is 3.84. The molecular formula is C17H15Cl2N3O. The van der Waals surface area contributed by atoms with Gasteiger partial charge in [-0.2, -0.15) is 0 Å². The monoisotopic (exact) mass is 347 g/mol. The van der Waals surface area contributed by atoms with Crippen LogP contribution in [0.15, 0.2) is 48.8 Å². The van der Waals surface area contributed by atoms with Gasteiger partial charge in [0.25, 0.3) is 5.91 Å². The predicted octanol–water partition coefficient (Wildman–Crippen LogP) is 4.16. The van der Waals surface area contributed by atoms with Gasteiger partial charge < -0.3 is 9.88 Å². The van der Waals surface area contributed by atoms with Crippen molar-refractivity contribution < 1.29 is 4.79 Å². The fraction of sp³-hybridized carbons (Fsp3) is 0.176. The van der Waals surface area contributed by atoms with E-state index >= 15 is 0 Å². The third-order valence-corrected chi connectivity index (χ3v) is 3.95. The molecule has 118 valence electrons. The number of imidazole rings is 1. The van der Waals surface area contributed by atoms with Gasteiger partial charge in [0, 0.05) is 28.7 Å². The van der Waals surface area contributed by atoms with E-state index in [2.05, 4.69) is 14.9 Å². The molecule has 0 saturated heterocycles. The first kappa shape index (κ1) is 15.8. The smallest absolute Gasteiger partial charge is 0.251 e. The second-order valence-electron chi connectivity index (χ2n) is 5.19. The molecule has 1 amide bonds. The second kappa shape index (κ2) is 7.02. The van der Waals surface area contributed by atoms with E-state index in [1.165, 1.54) is 0 Å². The summed E-state index contributed by atoms with van der Waals surface area (Å²) in [6.45, 7) is 1.35. The fourth-order valence-corrected chi connectivity index (χ4v) is 2.95. The number of carbonyl (C=O) groups is 1. The number of amides is 1. The molecule has 0 aliphatic carbocycles. The number of nitrogens with zero attached hydrogens (tertiary/aromatic N) is 2. The summed E-state index contributed by atoms with van der Waals surface area (Å²) in [5.74, 6) is -0.176. The summed E-state index contributed by atoms with van der Waals surface area (Å²) < 4.78 is 2.08. The van der Waals surface area contributed by atoms with Gasteiger partial charge in [0.2, 0.25) is 0 Å². The maximum absolute atomic E-state index is 12.1. The first-order chi connectivity index (χ1) is 11.1. The minimum absolute atomic E-state index is 0.176. The van der Waals surface area contributed by atoms with Crippen molar-refractivity contribution in [3.05, 3.63) is 64.4 Å². The SMILES string of the molecule is O=C(NCCCn1cnc2ccccc21)c1cc(Cl)cc(Cl)c1. The van der Waals surface area contributed by atoms with E-state index in [1.54, 1.807) is 18.2 Å². The molecule has 0 spiro atoms. The number of aryl methyl sites for hydroxylation is 1. The Hall–Kier alpha value is -2.04. The lowest BCUT2D eigenvalue weighted by atomic mass is 10.2. The summed E-state index contributed by atoms with van der Waals surface area (Å²) in [6.07, 6.45) is 2.63. The highest BCUT2D eigenvalue weighted by Crippen LogP contribution is 2.19. The van der Waals surface area contributed by atoms with Gasteiger partial charge in [-0.25, -0.2) is 4.98 Å². The topological polar surface area (TPSA) is 46.9 Å². The molecule has 4 nitrogen and oxygen atoms in total. The van der Waals surface area contributed by atoms with E-state index < -0.39 is 0 Å². The van der Waals surface area contributed by atoms with Crippen molar-refractivity contribution >= 4 is 40.1 Å². The highest BCUT2D eigenvalue weighted by atomic mass is 35.5. The van der Waals surface area contributed by atoms with Crippen molar-refractivity contribution in [2.45, 2.75) is 13.0 Å². The molecule has 1 N–H and O–H groups in total. The van der Waals surface area contributed by atoms with Gasteiger partial charge in [-0.1, -0.05) is 35.3 Å². The van der Waals surface area contributed by atoms with Gasteiger partial charge in [-0.15, -0.1) is 0 Å². The van der Waals surface area contributed by atoms with Crippen LogP contribution < -0.4 is 5.32 Å². The molecule has 0 aliphatic rings. The largest absolute Gasteiger partial charge is 0.352 e. The summed E-state index contributed by atoms with van der Waals surface area (Å²) in [6, 6.07) is 12.8. The molecule has 6 heteroatoms. The highest BCUT2D eigenvalue weighted by Gasteiger charge is 2.07. The van der Waals surface area contributed by atoms with Gasteiger partial charge in [-0.05, 0) is 36.8 Å². The maximum Gasteiger partial charge on any atom is 0.251 e. The van der Waals surface area contributed by atoms with Gasteiger partial charge in [0.1, 0.15) is 0 Å². The van der Waals surface area contributed by atoms with Crippen LogP contribution >= 0.6 is 23.2 Å². The number of fused-ring (bicyclic) bond motifs is 1. The zero-order valence-corrected chi connectivity index (χ0v) is 13.8. The number of rotatable bonds is 5. The number of carbonyl (C=O) groups excluding carboxylic acids is 1. The van der Waals surface area contributed by atoms with Crippen LogP contribution in [0, 0.1) is 0 Å². The molecule has 0 atom stereocenters. The number of benzene rings is 2. The molecular weight excluding hydrogens is 333 g/mol. The van der Waals surface area contributed by atoms with Crippen LogP contribution in [0.25, 0.3) is 11.0 Å². The molecule has 0 fully saturated rings. The van der Waals surface area contributed by atoms with Crippen LogP contribution in [0.1, 0.15) is 16.8 Å². The van der Waals surface area contributed by atoms with E-state index in [9.17, 15) is 4.79 Å². The molecule has 0 bridgehead atoms. The Morgan fingerprint density at radius 3 is 2.65 bits per heavy atom. The van der Waals surface area contributed by atoms with E-state index in [0.29, 0.717) is 22.2 Å². The lowest BCUT2D eigenvalue weighted by molar-refractivity contribution is 0.0953. The van der Waals surface area contributed by atoms with Crippen molar-refractivity contribution in [1.29, 1.82) is 0 Å². The van der Waals surface area contributed by atoms with Crippen molar-refractivity contribution in [3.8, 4) is 0 Å². The number of aromatic nitrogens is 2. The van der Waals surface area contributed by atoms with Gasteiger partial charge in [-0.3, -0.25) is 4.79 Å². The van der Waals surface area contributed by atoms with Gasteiger partial charge in [0.05, 0.1) is 17.4 Å². The number of para-hydroxylation sites is 2. The lowest BCUT2D eigenvalue weighted by Crippen LogP contribution is -2.25. The van der Waals surface area contributed by atoms with E-state index in [4.69, 9.17) is 23.2 Å². The third-order valence-electron chi connectivity index (χ3n) is 3.51. The van der Waals surface area contributed by atoms with Gasteiger partial charge in [0.15, 0.2) is 0 Å². The Kier molecular flexibility index (Phi) is 4.84. The average molecular weight is 348 g/mol. The van der Waals surface area contributed by atoms with E-state index in [1.807, 2.05) is 30.6 Å². The zero-order chi connectivity index (χ0) is 16.2. The first-order valence-electron chi connectivity index (χ1n) is 7.27. The van der Waals surface area contributed by atoms with Crippen LogP contribution in [-0.2, 0) is 6.54 Å². The van der Waals surface area contributed by atoms with Crippen LogP contribution in [0.4, 0.5) is 0 Å². The summed E-state index contributed by atoms with van der Waals surface area (Å²) in [5, 5.41) is 3.78. The van der Waals surface area contributed by atoms with Crippen LogP contribution in [-0.4, -0.2) is 22.0 Å².